The molecule has 2 fully saturated rings. The maximum absolute atomic E-state index is 5.43. The lowest BCUT2D eigenvalue weighted by molar-refractivity contribution is 0.0342. The van der Waals surface area contributed by atoms with Gasteiger partial charge < -0.3 is 15.4 Å². The van der Waals surface area contributed by atoms with Crippen molar-refractivity contribution in [1.29, 1.82) is 0 Å². The summed E-state index contributed by atoms with van der Waals surface area (Å²) in [4.78, 5) is 9.89. The van der Waals surface area contributed by atoms with Crippen LogP contribution < -0.4 is 10.6 Å². The zero-order chi connectivity index (χ0) is 21.2. The van der Waals surface area contributed by atoms with Gasteiger partial charge in [-0.15, -0.1) is 0 Å². The molecule has 0 amide bonds. The number of benzene rings is 1. The molecule has 2 heterocycles. The van der Waals surface area contributed by atoms with Crippen molar-refractivity contribution in [3.8, 4) is 0 Å². The number of nitrogens with zero attached hydrogens (tertiary/aromatic N) is 3. The van der Waals surface area contributed by atoms with Crippen molar-refractivity contribution in [2.24, 2.45) is 4.99 Å². The zero-order valence-electron chi connectivity index (χ0n) is 19.3. The van der Waals surface area contributed by atoms with Crippen molar-refractivity contribution in [2.75, 3.05) is 52.5 Å². The number of hydrogen-bond donors (Lipinski definition) is 2. The summed E-state index contributed by atoms with van der Waals surface area (Å²) in [7, 11) is 0. The predicted octanol–water partition coefficient (Wildman–Crippen LogP) is 2.84. The first-order valence-corrected chi connectivity index (χ1v) is 11.7. The summed E-state index contributed by atoms with van der Waals surface area (Å²) in [5.74, 6) is 0.903. The third-order valence-corrected chi connectivity index (χ3v) is 6.20. The Bertz CT molecular complexity index is 646. The van der Waals surface area contributed by atoms with Crippen LogP contribution in [0.15, 0.2) is 29.3 Å². The van der Waals surface area contributed by atoms with Crippen molar-refractivity contribution in [1.82, 2.24) is 20.4 Å². The summed E-state index contributed by atoms with van der Waals surface area (Å²) in [6.45, 7) is 16.4. The van der Waals surface area contributed by atoms with Crippen molar-refractivity contribution < 1.29 is 4.74 Å². The van der Waals surface area contributed by atoms with Crippen molar-refractivity contribution in [3.63, 3.8) is 0 Å². The molecule has 0 saturated carbocycles. The van der Waals surface area contributed by atoms with Gasteiger partial charge in [0, 0.05) is 38.3 Å². The molecule has 6 heteroatoms. The largest absolute Gasteiger partial charge is 0.379 e. The average molecular weight is 416 g/mol. The second kappa shape index (κ2) is 11.7. The van der Waals surface area contributed by atoms with Crippen molar-refractivity contribution >= 4 is 5.96 Å². The molecule has 3 rings (SSSR count). The average Bonchev–Trinajstić information content (AvgIpc) is 2.78. The van der Waals surface area contributed by atoms with E-state index in [0.717, 1.165) is 51.9 Å². The fraction of sp³-hybridized carbons (Fsp3) is 0.708. The second-order valence-electron chi connectivity index (χ2n) is 9.11. The van der Waals surface area contributed by atoms with Gasteiger partial charge in [-0.2, -0.15) is 0 Å². The molecule has 0 bridgehead atoms. The number of aliphatic imine (C=N–C) groups is 1. The smallest absolute Gasteiger partial charge is 0.191 e. The Morgan fingerprint density at radius 2 is 1.63 bits per heavy atom. The number of rotatable bonds is 8. The summed E-state index contributed by atoms with van der Waals surface area (Å²) in [6, 6.07) is 8.89. The highest BCUT2D eigenvalue weighted by Gasteiger charge is 2.27. The van der Waals surface area contributed by atoms with Crippen LogP contribution in [0, 0.1) is 0 Å². The Balaban J connectivity index is 1.50. The zero-order valence-corrected chi connectivity index (χ0v) is 19.3. The Morgan fingerprint density at radius 3 is 2.30 bits per heavy atom. The summed E-state index contributed by atoms with van der Waals surface area (Å²) >= 11 is 0. The maximum Gasteiger partial charge on any atom is 0.191 e. The molecule has 30 heavy (non-hydrogen) atoms. The van der Waals surface area contributed by atoms with Crippen LogP contribution in [0.25, 0.3) is 0 Å². The van der Waals surface area contributed by atoms with E-state index in [4.69, 9.17) is 9.73 Å². The van der Waals surface area contributed by atoms with Gasteiger partial charge in [-0.3, -0.25) is 9.80 Å². The van der Waals surface area contributed by atoms with E-state index >= 15 is 0 Å². The molecule has 0 spiro atoms. The third kappa shape index (κ3) is 7.25. The number of ether oxygens (including phenoxy) is 1. The predicted molar refractivity (Wildman–Crippen MR) is 125 cm³/mol. The minimum atomic E-state index is 0.137. The van der Waals surface area contributed by atoms with Crippen LogP contribution in [0.1, 0.15) is 51.2 Å². The van der Waals surface area contributed by atoms with Gasteiger partial charge >= 0.3 is 0 Å². The topological polar surface area (TPSA) is 52.1 Å². The van der Waals surface area contributed by atoms with E-state index < -0.39 is 0 Å². The third-order valence-electron chi connectivity index (χ3n) is 6.20. The normalized spacial score (nSPS) is 19.6. The van der Waals surface area contributed by atoms with E-state index in [1.54, 1.807) is 0 Å². The number of hydrogen-bond acceptors (Lipinski definition) is 4. The van der Waals surface area contributed by atoms with Gasteiger partial charge in [0.05, 0.1) is 19.8 Å². The first-order chi connectivity index (χ1) is 14.6. The van der Waals surface area contributed by atoms with E-state index in [0.29, 0.717) is 6.54 Å². The van der Waals surface area contributed by atoms with Gasteiger partial charge in [0.25, 0.3) is 0 Å². The molecule has 0 atom stereocenters. The minimum absolute atomic E-state index is 0.137. The molecule has 2 aliphatic heterocycles. The molecule has 168 valence electrons. The Kier molecular flexibility index (Phi) is 8.97. The van der Waals surface area contributed by atoms with Crippen LogP contribution in [0.4, 0.5) is 0 Å². The molecule has 2 aliphatic rings. The van der Waals surface area contributed by atoms with E-state index in [-0.39, 0.29) is 5.54 Å². The molecule has 0 aliphatic carbocycles. The molecule has 0 unspecified atom stereocenters. The van der Waals surface area contributed by atoms with Gasteiger partial charge in [0.2, 0.25) is 0 Å². The number of guanidine groups is 1. The molecule has 2 saturated heterocycles. The Hall–Kier alpha value is -1.63. The quantitative estimate of drug-likeness (QED) is 0.505. The first-order valence-electron chi connectivity index (χ1n) is 11.7. The highest BCUT2D eigenvalue weighted by Crippen LogP contribution is 2.19. The van der Waals surface area contributed by atoms with Crippen molar-refractivity contribution in [2.45, 2.75) is 58.7 Å². The fourth-order valence-electron chi connectivity index (χ4n) is 4.19. The highest BCUT2D eigenvalue weighted by atomic mass is 16.5. The lowest BCUT2D eigenvalue weighted by atomic mass is 9.98. The van der Waals surface area contributed by atoms with Crippen molar-refractivity contribution in [3.05, 3.63) is 35.4 Å². The maximum atomic E-state index is 5.43. The van der Waals surface area contributed by atoms with E-state index in [9.17, 15) is 0 Å². The van der Waals surface area contributed by atoms with Gasteiger partial charge in [-0.05, 0) is 57.8 Å². The number of nitrogens with one attached hydrogen (secondary N) is 2. The monoisotopic (exact) mass is 415 g/mol. The molecular weight excluding hydrogens is 374 g/mol. The molecule has 1 aromatic rings. The van der Waals surface area contributed by atoms with Gasteiger partial charge in [0.15, 0.2) is 5.96 Å². The van der Waals surface area contributed by atoms with Crippen LogP contribution in [0.3, 0.4) is 0 Å². The molecule has 0 aromatic heterocycles. The SMILES string of the molecule is CCNC(=NCc1ccc(CN2CCOCC2)cc1)NCC(C)(C)N1CCCCC1. The minimum Gasteiger partial charge on any atom is -0.379 e. The second-order valence-corrected chi connectivity index (χ2v) is 9.11. The van der Waals surface area contributed by atoms with E-state index in [1.807, 2.05) is 0 Å². The lowest BCUT2D eigenvalue weighted by Crippen LogP contribution is -2.54. The van der Waals surface area contributed by atoms with E-state index in [2.05, 4.69) is 65.5 Å². The highest BCUT2D eigenvalue weighted by molar-refractivity contribution is 5.79. The molecule has 1 aromatic carbocycles. The summed E-state index contributed by atoms with van der Waals surface area (Å²) < 4.78 is 5.43. The Morgan fingerprint density at radius 1 is 0.967 bits per heavy atom. The first kappa shape index (κ1) is 23.0. The summed E-state index contributed by atoms with van der Waals surface area (Å²) in [6.07, 6.45) is 4.01. The van der Waals surface area contributed by atoms with Crippen LogP contribution in [-0.4, -0.2) is 73.8 Å². The van der Waals surface area contributed by atoms with Crippen LogP contribution >= 0.6 is 0 Å². The van der Waals surface area contributed by atoms with Gasteiger partial charge in [0.1, 0.15) is 0 Å². The molecule has 0 radical (unpaired) electrons. The number of morpholine rings is 1. The van der Waals surface area contributed by atoms with Crippen LogP contribution in [-0.2, 0) is 17.8 Å². The van der Waals surface area contributed by atoms with E-state index in [1.165, 1.54) is 43.5 Å². The fourth-order valence-corrected chi connectivity index (χ4v) is 4.19. The standard InChI is InChI=1S/C24H41N5O/c1-4-25-23(27-20-24(2,3)29-12-6-5-7-13-29)26-18-21-8-10-22(11-9-21)19-28-14-16-30-17-15-28/h8-11H,4-7,12-20H2,1-3H3,(H2,25,26,27). The van der Waals surface area contributed by atoms with Crippen LogP contribution in [0.2, 0.25) is 0 Å². The number of piperidine rings is 1. The Labute approximate surface area is 183 Å². The summed E-state index contributed by atoms with van der Waals surface area (Å²) in [5.41, 5.74) is 2.74. The number of likely N-dealkylation sites (tertiary alicyclic amines) is 1. The molecule has 6 nitrogen and oxygen atoms in total. The summed E-state index contributed by atoms with van der Waals surface area (Å²) in [5, 5.41) is 6.97. The molecule has 2 N–H and O–H groups in total. The lowest BCUT2D eigenvalue weighted by Gasteiger charge is -2.41. The van der Waals surface area contributed by atoms with Gasteiger partial charge in [-0.1, -0.05) is 30.7 Å². The molecular formula is C24H41N5O. The van der Waals surface area contributed by atoms with Crippen LogP contribution in [0.5, 0.6) is 0 Å². The van der Waals surface area contributed by atoms with Gasteiger partial charge in [-0.25, -0.2) is 4.99 Å².